The molecule has 7 heteroatoms. The monoisotopic (exact) mass is 330 g/mol. The number of benzene rings is 1. The van der Waals surface area contributed by atoms with Crippen LogP contribution in [0.3, 0.4) is 0 Å². The van der Waals surface area contributed by atoms with Crippen LogP contribution in [0.4, 0.5) is 14.9 Å². The normalized spacial score (nSPS) is 15.2. The van der Waals surface area contributed by atoms with Crippen LogP contribution in [-0.4, -0.2) is 40.1 Å². The number of anilines is 1. The number of halogens is 1. The molecule has 1 aliphatic rings. The number of amides is 2. The van der Waals surface area contributed by atoms with Crippen LogP contribution in [-0.2, 0) is 0 Å². The minimum absolute atomic E-state index is 0.0705. The summed E-state index contributed by atoms with van der Waals surface area (Å²) >= 11 is 0. The first-order valence-corrected chi connectivity index (χ1v) is 7.87. The van der Waals surface area contributed by atoms with Gasteiger partial charge in [0.25, 0.3) is 0 Å². The fraction of sp³-hybridized carbons (Fsp3) is 0.353. The molecule has 0 unspecified atom stereocenters. The number of nitrogens with one attached hydrogen (secondary N) is 1. The Morgan fingerprint density at radius 3 is 2.46 bits per heavy atom. The van der Waals surface area contributed by atoms with E-state index in [1.807, 2.05) is 31.2 Å². The first-order valence-electron chi connectivity index (χ1n) is 7.87. The van der Waals surface area contributed by atoms with E-state index in [-0.39, 0.29) is 18.1 Å². The summed E-state index contributed by atoms with van der Waals surface area (Å²) in [7, 11) is 0. The smallest absolute Gasteiger partial charge is 0.321 e. The second-order valence-corrected chi connectivity index (χ2v) is 5.78. The predicted octanol–water partition coefficient (Wildman–Crippen LogP) is 3.00. The maximum Gasteiger partial charge on any atom is 0.321 e. The van der Waals surface area contributed by atoms with Crippen molar-refractivity contribution in [2.75, 3.05) is 18.4 Å². The average Bonchev–Trinajstić information content (AvgIpc) is 2.59. The second-order valence-electron chi connectivity index (χ2n) is 5.78. The van der Waals surface area contributed by atoms with Crippen LogP contribution in [0, 0.1) is 12.7 Å². The third-order valence-corrected chi connectivity index (χ3v) is 3.90. The molecule has 6 nitrogen and oxygen atoms in total. The number of ether oxygens (including phenoxy) is 1. The van der Waals surface area contributed by atoms with Gasteiger partial charge in [0.2, 0.25) is 0 Å². The van der Waals surface area contributed by atoms with E-state index in [0.29, 0.717) is 25.9 Å². The summed E-state index contributed by atoms with van der Waals surface area (Å²) in [5.41, 5.74) is 1.93. The van der Waals surface area contributed by atoms with Crippen LogP contribution in [0.1, 0.15) is 18.4 Å². The van der Waals surface area contributed by atoms with E-state index in [0.717, 1.165) is 23.6 Å². The van der Waals surface area contributed by atoms with Crippen molar-refractivity contribution in [2.45, 2.75) is 25.9 Å². The average molecular weight is 330 g/mol. The highest BCUT2D eigenvalue weighted by Crippen LogP contribution is 2.17. The third-order valence-electron chi connectivity index (χ3n) is 3.90. The number of urea groups is 1. The fourth-order valence-corrected chi connectivity index (χ4v) is 2.53. The number of aromatic nitrogens is 2. The first-order chi connectivity index (χ1) is 11.6. The van der Waals surface area contributed by atoms with Gasteiger partial charge in [-0.3, -0.25) is 0 Å². The minimum atomic E-state index is -0.495. The molecule has 0 bridgehead atoms. The Morgan fingerprint density at radius 1 is 1.21 bits per heavy atom. The Morgan fingerprint density at radius 2 is 1.83 bits per heavy atom. The van der Waals surface area contributed by atoms with Crippen LogP contribution in [0.25, 0.3) is 0 Å². The largest absolute Gasteiger partial charge is 0.460 e. The van der Waals surface area contributed by atoms with Crippen LogP contribution in [0.2, 0.25) is 0 Å². The molecular formula is C17H19FN4O2. The van der Waals surface area contributed by atoms with Gasteiger partial charge in [0.05, 0.1) is 12.4 Å². The van der Waals surface area contributed by atoms with Gasteiger partial charge in [-0.05, 0) is 19.1 Å². The van der Waals surface area contributed by atoms with Crippen molar-refractivity contribution in [3.05, 3.63) is 48.0 Å². The van der Waals surface area contributed by atoms with E-state index >= 15 is 0 Å². The zero-order valence-electron chi connectivity index (χ0n) is 13.4. The van der Waals surface area contributed by atoms with Crippen LogP contribution in [0.5, 0.6) is 6.01 Å². The van der Waals surface area contributed by atoms with Crippen LogP contribution in [0.15, 0.2) is 36.7 Å². The maximum absolute atomic E-state index is 12.8. The lowest BCUT2D eigenvalue weighted by atomic mass is 10.1. The molecule has 3 rings (SSSR count). The molecule has 1 fully saturated rings. The minimum Gasteiger partial charge on any atom is -0.460 e. The molecule has 1 aliphatic heterocycles. The lowest BCUT2D eigenvalue weighted by Crippen LogP contribution is -2.43. The summed E-state index contributed by atoms with van der Waals surface area (Å²) in [6.07, 6.45) is 3.45. The van der Waals surface area contributed by atoms with Crippen molar-refractivity contribution >= 4 is 11.7 Å². The van der Waals surface area contributed by atoms with E-state index in [4.69, 9.17) is 4.74 Å². The van der Waals surface area contributed by atoms with Crippen molar-refractivity contribution in [3.63, 3.8) is 0 Å². The zero-order valence-corrected chi connectivity index (χ0v) is 13.4. The van der Waals surface area contributed by atoms with Gasteiger partial charge < -0.3 is 15.0 Å². The maximum atomic E-state index is 12.8. The van der Waals surface area contributed by atoms with E-state index in [1.54, 1.807) is 4.90 Å². The van der Waals surface area contributed by atoms with Crippen LogP contribution < -0.4 is 10.1 Å². The van der Waals surface area contributed by atoms with Crippen molar-refractivity contribution in [1.82, 2.24) is 14.9 Å². The van der Waals surface area contributed by atoms with E-state index in [1.165, 1.54) is 0 Å². The van der Waals surface area contributed by atoms with Gasteiger partial charge in [-0.1, -0.05) is 17.7 Å². The Hall–Kier alpha value is -2.70. The Bertz CT molecular complexity index is 683. The number of carbonyl (C=O) groups is 1. The molecule has 126 valence electrons. The number of nitrogens with zero attached hydrogens (tertiary/aromatic N) is 3. The molecule has 1 aromatic heterocycles. The topological polar surface area (TPSA) is 67.4 Å². The summed E-state index contributed by atoms with van der Waals surface area (Å²) in [5, 5.41) is 2.89. The molecule has 0 saturated carbocycles. The van der Waals surface area contributed by atoms with E-state index in [9.17, 15) is 9.18 Å². The molecule has 2 heterocycles. The standard InChI is InChI=1S/C17H19FN4O2/c1-12-2-4-14(5-3-12)21-17(23)22-8-6-15(7-9-22)24-16-19-10-13(18)11-20-16/h2-5,10-11,15H,6-9H2,1H3,(H,21,23). The molecular weight excluding hydrogens is 311 g/mol. The van der Waals surface area contributed by atoms with Gasteiger partial charge in [0.15, 0.2) is 5.82 Å². The molecule has 0 spiro atoms. The Kier molecular flexibility index (Phi) is 4.88. The van der Waals surface area contributed by atoms with Gasteiger partial charge in [-0.15, -0.1) is 0 Å². The Labute approximate surface area is 139 Å². The van der Waals surface area contributed by atoms with E-state index in [2.05, 4.69) is 15.3 Å². The van der Waals surface area contributed by atoms with Gasteiger partial charge in [-0.25, -0.2) is 19.2 Å². The summed E-state index contributed by atoms with van der Waals surface area (Å²) in [4.78, 5) is 21.6. The summed E-state index contributed by atoms with van der Waals surface area (Å²) in [6, 6.07) is 7.73. The molecule has 1 aromatic carbocycles. The molecule has 0 atom stereocenters. The van der Waals surface area contributed by atoms with Crippen molar-refractivity contribution in [1.29, 1.82) is 0 Å². The summed E-state index contributed by atoms with van der Waals surface area (Å²) in [6.45, 7) is 3.17. The van der Waals surface area contributed by atoms with Gasteiger partial charge in [-0.2, -0.15) is 0 Å². The highest BCUT2D eigenvalue weighted by atomic mass is 19.1. The van der Waals surface area contributed by atoms with Crippen molar-refractivity contribution in [2.24, 2.45) is 0 Å². The number of piperidine rings is 1. The van der Waals surface area contributed by atoms with Gasteiger partial charge in [0.1, 0.15) is 6.10 Å². The molecule has 24 heavy (non-hydrogen) atoms. The highest BCUT2D eigenvalue weighted by Gasteiger charge is 2.24. The quantitative estimate of drug-likeness (QED) is 0.939. The predicted molar refractivity (Wildman–Crippen MR) is 87.4 cm³/mol. The third kappa shape index (κ3) is 4.18. The number of rotatable bonds is 3. The lowest BCUT2D eigenvalue weighted by Gasteiger charge is -2.31. The number of hydrogen-bond donors (Lipinski definition) is 1. The Balaban J connectivity index is 1.48. The van der Waals surface area contributed by atoms with Crippen molar-refractivity contribution in [3.8, 4) is 6.01 Å². The summed E-state index contributed by atoms with van der Waals surface area (Å²) in [5.74, 6) is -0.495. The van der Waals surface area contributed by atoms with Crippen LogP contribution >= 0.6 is 0 Å². The molecule has 2 amide bonds. The number of aryl methyl sites for hydroxylation is 1. The number of carbonyl (C=O) groups excluding carboxylic acids is 1. The SMILES string of the molecule is Cc1ccc(NC(=O)N2CCC(Oc3ncc(F)cn3)CC2)cc1. The summed E-state index contributed by atoms with van der Waals surface area (Å²) < 4.78 is 18.4. The van der Waals surface area contributed by atoms with Gasteiger partial charge in [0, 0.05) is 31.6 Å². The number of hydrogen-bond acceptors (Lipinski definition) is 4. The molecule has 1 saturated heterocycles. The fourth-order valence-electron chi connectivity index (χ4n) is 2.53. The van der Waals surface area contributed by atoms with Gasteiger partial charge >= 0.3 is 12.0 Å². The molecule has 2 aromatic rings. The highest BCUT2D eigenvalue weighted by molar-refractivity contribution is 5.89. The molecule has 0 radical (unpaired) electrons. The molecule has 0 aliphatic carbocycles. The van der Waals surface area contributed by atoms with Crippen molar-refractivity contribution < 1.29 is 13.9 Å². The second kappa shape index (κ2) is 7.25. The van der Waals surface area contributed by atoms with E-state index < -0.39 is 5.82 Å². The zero-order chi connectivity index (χ0) is 16.9. The number of likely N-dealkylation sites (tertiary alicyclic amines) is 1. The molecule has 1 N–H and O–H groups in total. The first kappa shape index (κ1) is 16.2. The lowest BCUT2D eigenvalue weighted by molar-refractivity contribution is 0.107.